The zero-order valence-electron chi connectivity index (χ0n) is 12.6. The molecular weight excluding hydrogens is 290 g/mol. The van der Waals surface area contributed by atoms with E-state index in [9.17, 15) is 8.42 Å². The highest BCUT2D eigenvalue weighted by Gasteiger charge is 2.23. The first-order chi connectivity index (χ1) is 10.0. The highest BCUT2D eigenvalue weighted by molar-refractivity contribution is 7.91. The summed E-state index contributed by atoms with van der Waals surface area (Å²) in [5.41, 5.74) is 0.898. The molecule has 0 heterocycles. The van der Waals surface area contributed by atoms with Crippen LogP contribution in [0, 0.1) is 0 Å². The Morgan fingerprint density at radius 1 is 1.19 bits per heavy atom. The van der Waals surface area contributed by atoms with E-state index in [2.05, 4.69) is 6.58 Å². The number of hydrogen-bond acceptors (Lipinski definition) is 4. The molecule has 0 aliphatic heterocycles. The largest absolute Gasteiger partial charge is 0.352 e. The lowest BCUT2D eigenvalue weighted by Crippen LogP contribution is -2.38. The molecule has 0 atom stereocenters. The third kappa shape index (κ3) is 5.97. The van der Waals surface area contributed by atoms with Crippen LogP contribution in [0.15, 0.2) is 42.3 Å². The number of rotatable bonds is 10. The number of nitrogens with zero attached hydrogens (tertiary/aromatic N) is 1. The lowest BCUT2D eigenvalue weighted by atomic mass is 10.2. The minimum absolute atomic E-state index is 0.130. The molecule has 0 spiro atoms. The highest BCUT2D eigenvalue weighted by atomic mass is 32.2. The van der Waals surface area contributed by atoms with Crippen LogP contribution in [0.5, 0.6) is 0 Å². The van der Waals surface area contributed by atoms with Gasteiger partial charge in [0.1, 0.15) is 0 Å². The van der Waals surface area contributed by atoms with Crippen molar-refractivity contribution in [3.63, 3.8) is 0 Å². The number of hydrogen-bond donors (Lipinski definition) is 0. The van der Waals surface area contributed by atoms with Crippen LogP contribution in [-0.4, -0.2) is 38.8 Å². The fourth-order valence-corrected chi connectivity index (χ4v) is 2.71. The predicted octanol–water partition coefficient (Wildman–Crippen LogP) is 2.36. The van der Waals surface area contributed by atoms with Crippen molar-refractivity contribution in [1.29, 1.82) is 0 Å². The van der Waals surface area contributed by atoms with Crippen molar-refractivity contribution < 1.29 is 17.9 Å². The fourth-order valence-electron chi connectivity index (χ4n) is 1.84. The van der Waals surface area contributed by atoms with Crippen LogP contribution >= 0.6 is 0 Å². The first-order valence-electron chi connectivity index (χ1n) is 6.93. The molecule has 0 saturated carbocycles. The SMILES string of the molecule is C=CS(=O)(=O)N(Cc1ccccc1)CC(OCC)OCC. The molecule has 0 bridgehead atoms. The lowest BCUT2D eigenvalue weighted by molar-refractivity contribution is -0.140. The van der Waals surface area contributed by atoms with Crippen molar-refractivity contribution in [1.82, 2.24) is 4.31 Å². The molecule has 0 fully saturated rings. The van der Waals surface area contributed by atoms with Gasteiger partial charge in [-0.15, -0.1) is 0 Å². The maximum atomic E-state index is 12.1. The summed E-state index contributed by atoms with van der Waals surface area (Å²) in [4.78, 5) is 0. The maximum absolute atomic E-state index is 12.1. The van der Waals surface area contributed by atoms with E-state index in [0.29, 0.717) is 13.2 Å². The quantitative estimate of drug-likeness (QED) is 0.622. The van der Waals surface area contributed by atoms with Crippen molar-refractivity contribution >= 4 is 10.0 Å². The molecule has 0 saturated heterocycles. The summed E-state index contributed by atoms with van der Waals surface area (Å²) in [5.74, 6) is 0. The minimum Gasteiger partial charge on any atom is -0.352 e. The summed E-state index contributed by atoms with van der Waals surface area (Å²) in [7, 11) is -3.55. The van der Waals surface area contributed by atoms with Gasteiger partial charge in [0.25, 0.3) is 0 Å². The van der Waals surface area contributed by atoms with Gasteiger partial charge in [0.15, 0.2) is 6.29 Å². The standard InChI is InChI=1S/C15H23NO4S/c1-4-19-15(20-5-2)13-16(21(17,18)6-3)12-14-10-8-7-9-11-14/h6-11,15H,3-5,12-13H2,1-2H3. The van der Waals surface area contributed by atoms with E-state index in [-0.39, 0.29) is 13.1 Å². The van der Waals surface area contributed by atoms with Gasteiger partial charge in [-0.25, -0.2) is 8.42 Å². The van der Waals surface area contributed by atoms with Gasteiger partial charge in [-0.3, -0.25) is 0 Å². The van der Waals surface area contributed by atoms with Gasteiger partial charge < -0.3 is 9.47 Å². The van der Waals surface area contributed by atoms with E-state index in [4.69, 9.17) is 9.47 Å². The van der Waals surface area contributed by atoms with Gasteiger partial charge >= 0.3 is 0 Å². The van der Waals surface area contributed by atoms with Crippen LogP contribution in [-0.2, 0) is 26.0 Å². The molecule has 0 aliphatic rings. The molecule has 0 N–H and O–H groups in total. The number of sulfonamides is 1. The Labute approximate surface area is 127 Å². The van der Waals surface area contributed by atoms with E-state index in [1.165, 1.54) is 4.31 Å². The topological polar surface area (TPSA) is 55.8 Å². The molecule has 1 rings (SSSR count). The second-order valence-electron chi connectivity index (χ2n) is 4.33. The highest BCUT2D eigenvalue weighted by Crippen LogP contribution is 2.13. The first kappa shape index (κ1) is 17.8. The predicted molar refractivity (Wildman–Crippen MR) is 83.0 cm³/mol. The zero-order valence-corrected chi connectivity index (χ0v) is 13.4. The normalized spacial score (nSPS) is 12.0. The van der Waals surface area contributed by atoms with Crippen LogP contribution in [0.2, 0.25) is 0 Å². The lowest BCUT2D eigenvalue weighted by Gasteiger charge is -2.25. The second kappa shape index (κ2) is 8.94. The number of ether oxygens (including phenoxy) is 2. The van der Waals surface area contributed by atoms with E-state index < -0.39 is 16.3 Å². The second-order valence-corrected chi connectivity index (χ2v) is 6.21. The van der Waals surface area contributed by atoms with E-state index in [1.54, 1.807) is 0 Å². The van der Waals surface area contributed by atoms with Crippen molar-refractivity contribution in [2.45, 2.75) is 26.7 Å². The summed E-state index contributed by atoms with van der Waals surface area (Å²) in [6.45, 7) is 8.37. The van der Waals surface area contributed by atoms with Crippen molar-refractivity contribution in [3.05, 3.63) is 47.9 Å². The van der Waals surface area contributed by atoms with Gasteiger partial charge in [0.05, 0.1) is 6.54 Å². The minimum atomic E-state index is -3.55. The van der Waals surface area contributed by atoms with E-state index >= 15 is 0 Å². The molecule has 0 aromatic heterocycles. The van der Waals surface area contributed by atoms with Gasteiger partial charge in [0.2, 0.25) is 10.0 Å². The third-order valence-electron chi connectivity index (χ3n) is 2.83. The number of benzene rings is 1. The molecule has 6 heteroatoms. The molecular formula is C15H23NO4S. The van der Waals surface area contributed by atoms with Crippen LogP contribution in [0.1, 0.15) is 19.4 Å². The van der Waals surface area contributed by atoms with E-state index in [1.807, 2.05) is 44.2 Å². The molecule has 118 valence electrons. The summed E-state index contributed by atoms with van der Waals surface area (Å²) in [6, 6.07) is 9.39. The average Bonchev–Trinajstić information content (AvgIpc) is 2.48. The summed E-state index contributed by atoms with van der Waals surface area (Å²) < 4.78 is 36.5. The smallest absolute Gasteiger partial charge is 0.236 e. The average molecular weight is 313 g/mol. The monoisotopic (exact) mass is 313 g/mol. The Hall–Kier alpha value is -1.21. The van der Waals surface area contributed by atoms with Crippen molar-refractivity contribution in [3.8, 4) is 0 Å². The molecule has 0 radical (unpaired) electrons. The van der Waals surface area contributed by atoms with Gasteiger partial charge in [-0.2, -0.15) is 4.31 Å². The van der Waals surface area contributed by atoms with Gasteiger partial charge in [-0.05, 0) is 19.4 Å². The molecule has 1 aromatic rings. The summed E-state index contributed by atoms with van der Waals surface area (Å²) >= 11 is 0. The van der Waals surface area contributed by atoms with Crippen LogP contribution in [0.3, 0.4) is 0 Å². The van der Waals surface area contributed by atoms with Crippen LogP contribution < -0.4 is 0 Å². The Morgan fingerprint density at radius 2 is 1.76 bits per heavy atom. The molecule has 1 aromatic carbocycles. The summed E-state index contributed by atoms with van der Waals surface area (Å²) in [6.07, 6.45) is -0.585. The van der Waals surface area contributed by atoms with E-state index in [0.717, 1.165) is 11.0 Å². The van der Waals surface area contributed by atoms with Crippen molar-refractivity contribution in [2.24, 2.45) is 0 Å². The molecule has 0 amide bonds. The molecule has 0 aliphatic carbocycles. The molecule has 0 unspecified atom stereocenters. The summed E-state index contributed by atoms with van der Waals surface area (Å²) in [5, 5.41) is 0.949. The van der Waals surface area contributed by atoms with Crippen LogP contribution in [0.4, 0.5) is 0 Å². The Bertz CT molecular complexity index is 510. The van der Waals surface area contributed by atoms with Crippen molar-refractivity contribution in [2.75, 3.05) is 19.8 Å². The third-order valence-corrected chi connectivity index (χ3v) is 4.25. The maximum Gasteiger partial charge on any atom is 0.236 e. The first-order valence-corrected chi connectivity index (χ1v) is 8.43. The Balaban J connectivity index is 2.89. The Morgan fingerprint density at radius 3 is 2.24 bits per heavy atom. The zero-order chi connectivity index (χ0) is 15.7. The molecule has 5 nitrogen and oxygen atoms in total. The van der Waals surface area contributed by atoms with Gasteiger partial charge in [-0.1, -0.05) is 36.9 Å². The fraction of sp³-hybridized carbons (Fsp3) is 0.467. The Kier molecular flexibility index (Phi) is 7.60. The van der Waals surface area contributed by atoms with Crippen LogP contribution in [0.25, 0.3) is 0 Å². The molecule has 21 heavy (non-hydrogen) atoms. The van der Waals surface area contributed by atoms with Gasteiger partial charge in [0, 0.05) is 25.2 Å².